The molecule has 4 rings (SSSR count). The monoisotopic (exact) mass is 565 g/mol. The number of carbonyl (C=O) groups excluding carboxylic acids is 1. The number of nitrogens with one attached hydrogen (secondary N) is 2. The van der Waals surface area contributed by atoms with E-state index in [9.17, 15) is 14.1 Å². The highest BCUT2D eigenvalue weighted by Gasteiger charge is 2.24. The zero-order chi connectivity index (χ0) is 25.5. The van der Waals surface area contributed by atoms with Gasteiger partial charge in [-0.3, -0.25) is 4.79 Å². The fraction of sp³-hybridized carbons (Fsp3) is 0.458. The first-order chi connectivity index (χ1) is 16.7. The molecule has 2 heterocycles. The van der Waals surface area contributed by atoms with Crippen molar-refractivity contribution in [2.24, 2.45) is 8.80 Å². The molecule has 3 N–H and O–H groups in total. The summed E-state index contributed by atoms with van der Waals surface area (Å²) in [6.07, 6.45) is 9.20. The van der Waals surface area contributed by atoms with Gasteiger partial charge in [-0.1, -0.05) is 46.0 Å². The van der Waals surface area contributed by atoms with Crippen molar-refractivity contribution in [3.05, 3.63) is 45.8 Å². The summed E-state index contributed by atoms with van der Waals surface area (Å²) >= 11 is 1.49. The van der Waals surface area contributed by atoms with Crippen LogP contribution in [0.4, 0.5) is 5.69 Å². The number of hydrogen-bond donors (Lipinski definition) is 3. The minimum atomic E-state index is -1.79. The van der Waals surface area contributed by atoms with E-state index in [0.717, 1.165) is 5.56 Å². The zero-order valence-corrected chi connectivity index (χ0v) is 22.8. The van der Waals surface area contributed by atoms with Crippen LogP contribution in [-0.4, -0.2) is 45.9 Å². The quantitative estimate of drug-likeness (QED) is 0.433. The van der Waals surface area contributed by atoms with Crippen molar-refractivity contribution in [2.75, 3.05) is 19.4 Å². The molecule has 0 spiro atoms. The van der Waals surface area contributed by atoms with Gasteiger partial charge in [-0.2, -0.15) is 0 Å². The third kappa shape index (κ3) is 7.17. The molecule has 1 aromatic carbocycles. The molecule has 0 radical (unpaired) electrons. The minimum absolute atomic E-state index is 0.105. The van der Waals surface area contributed by atoms with Crippen LogP contribution in [-0.2, 0) is 17.7 Å². The molecule has 1 aromatic heterocycles. The second-order valence-corrected chi connectivity index (χ2v) is 10.6. The van der Waals surface area contributed by atoms with Gasteiger partial charge < -0.3 is 25.1 Å². The summed E-state index contributed by atoms with van der Waals surface area (Å²) in [5.41, 5.74) is 1.41. The second-order valence-electron chi connectivity index (χ2n) is 8.88. The van der Waals surface area contributed by atoms with E-state index in [1.807, 2.05) is 6.07 Å². The van der Waals surface area contributed by atoms with Crippen molar-refractivity contribution >= 4 is 50.4 Å². The fourth-order valence-corrected chi connectivity index (χ4v) is 4.66. The number of carbonyl (C=O) groups is 1. The first kappa shape index (κ1) is 26.9. The SMILES string of the molecule is C1CCCC1.CC(C)c1coc(CNC2=NS(=O)N=C2Nc2ccc(Br)c(C(=O)N(C)C)c2O)c1. The van der Waals surface area contributed by atoms with E-state index in [1.54, 1.807) is 32.5 Å². The summed E-state index contributed by atoms with van der Waals surface area (Å²) in [4.78, 5) is 13.7. The van der Waals surface area contributed by atoms with Gasteiger partial charge in [-0.25, -0.2) is 4.21 Å². The number of amides is 1. The number of nitrogens with zero attached hydrogens (tertiary/aromatic N) is 3. The lowest BCUT2D eigenvalue weighted by atomic mass is 10.1. The number of phenolic OH excluding ortho intramolecular Hbond substituents is 1. The van der Waals surface area contributed by atoms with Gasteiger partial charge >= 0.3 is 0 Å². The van der Waals surface area contributed by atoms with Crippen LogP contribution in [0.25, 0.3) is 0 Å². The molecule has 9 nitrogen and oxygen atoms in total. The molecule has 1 atom stereocenters. The summed E-state index contributed by atoms with van der Waals surface area (Å²) in [5.74, 6) is 0.866. The highest BCUT2D eigenvalue weighted by molar-refractivity contribution is 9.10. The van der Waals surface area contributed by atoms with E-state index in [2.05, 4.69) is 49.2 Å². The van der Waals surface area contributed by atoms with Gasteiger partial charge in [0, 0.05) is 18.6 Å². The van der Waals surface area contributed by atoms with Crippen molar-refractivity contribution in [1.29, 1.82) is 0 Å². The molecule has 190 valence electrons. The molecule has 0 bridgehead atoms. The van der Waals surface area contributed by atoms with Gasteiger partial charge in [-0.05, 0) is 45.6 Å². The Hall–Kier alpha value is -2.66. The van der Waals surface area contributed by atoms with Crippen molar-refractivity contribution < 1.29 is 18.5 Å². The Kier molecular flexibility index (Phi) is 9.50. The number of phenols is 1. The Labute approximate surface area is 217 Å². The Balaban J connectivity index is 0.000000607. The maximum absolute atomic E-state index is 12.4. The number of halogens is 1. The number of anilines is 1. The molecule has 11 heteroatoms. The zero-order valence-electron chi connectivity index (χ0n) is 20.4. The number of hydrogen-bond acceptors (Lipinski definition) is 6. The van der Waals surface area contributed by atoms with Crippen LogP contribution in [0.15, 0.2) is 42.1 Å². The lowest BCUT2D eigenvalue weighted by Crippen LogP contribution is -2.33. The van der Waals surface area contributed by atoms with Gasteiger partial charge in [0.1, 0.15) is 5.76 Å². The Morgan fingerprint density at radius 3 is 2.37 bits per heavy atom. The van der Waals surface area contributed by atoms with Gasteiger partial charge in [0.05, 0.1) is 24.1 Å². The maximum atomic E-state index is 12.4. The number of rotatable bonds is 5. The first-order valence-electron chi connectivity index (χ1n) is 11.6. The highest BCUT2D eigenvalue weighted by atomic mass is 79.9. The van der Waals surface area contributed by atoms with Gasteiger partial charge in [0.2, 0.25) is 0 Å². The van der Waals surface area contributed by atoms with Crippen molar-refractivity contribution in [1.82, 2.24) is 10.2 Å². The average Bonchev–Trinajstić information content (AvgIpc) is 3.57. The van der Waals surface area contributed by atoms with E-state index in [4.69, 9.17) is 4.42 Å². The predicted octanol–water partition coefficient (Wildman–Crippen LogP) is 5.11. The third-order valence-corrected chi connectivity index (χ3v) is 6.92. The maximum Gasteiger partial charge on any atom is 0.269 e. The van der Waals surface area contributed by atoms with Gasteiger partial charge in [0.15, 0.2) is 17.4 Å². The van der Waals surface area contributed by atoms with Crippen LogP contribution in [0.3, 0.4) is 0 Å². The predicted molar refractivity (Wildman–Crippen MR) is 143 cm³/mol. The van der Waals surface area contributed by atoms with Gasteiger partial charge in [0.25, 0.3) is 17.1 Å². The molecule has 1 aliphatic heterocycles. The Bertz CT molecular complexity index is 1130. The van der Waals surface area contributed by atoms with Crippen LogP contribution in [0.5, 0.6) is 5.75 Å². The molecular formula is C24H32BrN5O4S. The standard InChI is InChI=1S/C19H22BrN5O4S.C5H10/c1-10(2)11-7-12(29-9-11)8-21-17-18(24-30(28)23-17)22-14-6-5-13(20)15(16(14)26)19(27)25(3)4;1-2-4-5-3-1/h5-7,9-10,26H,8H2,1-4H3,(H,21,23)(H,22,24);1-5H2. The van der Waals surface area contributed by atoms with Crippen LogP contribution >= 0.6 is 15.9 Å². The second kappa shape index (κ2) is 12.3. The Morgan fingerprint density at radius 2 is 1.80 bits per heavy atom. The minimum Gasteiger partial charge on any atom is -0.505 e. The van der Waals surface area contributed by atoms with Crippen LogP contribution in [0.2, 0.25) is 0 Å². The molecule has 1 amide bonds. The van der Waals surface area contributed by atoms with Crippen LogP contribution < -0.4 is 10.6 Å². The fourth-order valence-electron chi connectivity index (χ4n) is 3.53. The van der Waals surface area contributed by atoms with E-state index in [1.165, 1.54) is 37.0 Å². The van der Waals surface area contributed by atoms with Crippen molar-refractivity contribution in [3.8, 4) is 5.75 Å². The average molecular weight is 567 g/mol. The number of benzene rings is 1. The molecule has 1 saturated carbocycles. The highest BCUT2D eigenvalue weighted by Crippen LogP contribution is 2.34. The summed E-state index contributed by atoms with van der Waals surface area (Å²) in [5, 5.41) is 16.6. The largest absolute Gasteiger partial charge is 0.505 e. The molecule has 1 unspecified atom stereocenters. The lowest BCUT2D eigenvalue weighted by Gasteiger charge is -2.16. The smallest absolute Gasteiger partial charge is 0.269 e. The number of furan rings is 1. The van der Waals surface area contributed by atoms with Crippen molar-refractivity contribution in [2.45, 2.75) is 58.4 Å². The molecule has 1 fully saturated rings. The summed E-state index contributed by atoms with van der Waals surface area (Å²) < 4.78 is 25.7. The van der Waals surface area contributed by atoms with Crippen LogP contribution in [0, 0.1) is 0 Å². The lowest BCUT2D eigenvalue weighted by molar-refractivity contribution is 0.0824. The summed E-state index contributed by atoms with van der Waals surface area (Å²) in [6, 6.07) is 5.15. The molecule has 35 heavy (non-hydrogen) atoms. The molecule has 2 aromatic rings. The van der Waals surface area contributed by atoms with Gasteiger partial charge in [-0.15, -0.1) is 8.80 Å². The van der Waals surface area contributed by atoms with E-state index in [-0.39, 0.29) is 34.6 Å². The van der Waals surface area contributed by atoms with E-state index >= 15 is 0 Å². The normalized spacial score (nSPS) is 16.9. The molecule has 1 aliphatic carbocycles. The molecule has 2 aliphatic rings. The summed E-state index contributed by atoms with van der Waals surface area (Å²) in [6.45, 7) is 4.46. The number of amidine groups is 2. The topological polar surface area (TPSA) is 120 Å². The third-order valence-electron chi connectivity index (χ3n) is 5.58. The van der Waals surface area contributed by atoms with E-state index < -0.39 is 11.2 Å². The first-order valence-corrected chi connectivity index (χ1v) is 13.4. The summed E-state index contributed by atoms with van der Waals surface area (Å²) in [7, 11) is 3.18. The number of aromatic hydroxyl groups is 1. The molecular weight excluding hydrogens is 534 g/mol. The van der Waals surface area contributed by atoms with E-state index in [0.29, 0.717) is 22.7 Å². The van der Waals surface area contributed by atoms with Crippen molar-refractivity contribution in [3.63, 3.8) is 0 Å². The molecule has 0 saturated heterocycles. The Morgan fingerprint density at radius 1 is 1.17 bits per heavy atom. The van der Waals surface area contributed by atoms with Crippen LogP contribution in [0.1, 0.15) is 73.6 Å².